The van der Waals surface area contributed by atoms with Crippen molar-refractivity contribution in [1.82, 2.24) is 9.88 Å². The first-order valence-corrected chi connectivity index (χ1v) is 9.27. The number of aromatic nitrogens is 1. The molecule has 0 fully saturated rings. The molecule has 0 aliphatic carbocycles. The summed E-state index contributed by atoms with van der Waals surface area (Å²) in [6.45, 7) is 4.73. The molecule has 0 saturated carbocycles. The molecule has 1 N–H and O–H groups in total. The van der Waals surface area contributed by atoms with Gasteiger partial charge in [-0.25, -0.2) is 14.2 Å². The van der Waals surface area contributed by atoms with Crippen molar-refractivity contribution in [2.45, 2.75) is 20.3 Å². The Morgan fingerprint density at radius 1 is 1.41 bits per heavy atom. The zero-order valence-electron chi connectivity index (χ0n) is 15.9. The largest absolute Gasteiger partial charge is 0.490 e. The Balaban J connectivity index is 2.01. The molecule has 2 rings (SSSR count). The number of carboxylic acid groups (broad SMARTS) is 1. The normalized spacial score (nSPS) is 11.2. The highest BCUT2D eigenvalue weighted by atomic mass is 32.1. The van der Waals surface area contributed by atoms with E-state index in [1.165, 1.54) is 22.9 Å². The lowest BCUT2D eigenvalue weighted by Gasteiger charge is -2.24. The number of nitrogens with zero attached hydrogens (tertiary/aromatic N) is 2. The molecule has 1 heterocycles. The van der Waals surface area contributed by atoms with Crippen LogP contribution in [0, 0.1) is 23.1 Å². The molecule has 0 saturated heterocycles. The summed E-state index contributed by atoms with van der Waals surface area (Å²) in [6, 6.07) is 4.65. The lowest BCUT2D eigenvalue weighted by Crippen LogP contribution is -2.25. The molecule has 0 aliphatic rings. The highest BCUT2D eigenvalue weighted by Crippen LogP contribution is 2.28. The lowest BCUT2D eigenvalue weighted by atomic mass is 9.89. The molecular formula is C20H23FN2O3S. The Bertz CT molecular complexity index is 866. The highest BCUT2D eigenvalue weighted by molar-refractivity contribution is 7.09. The molecule has 0 spiro atoms. The summed E-state index contributed by atoms with van der Waals surface area (Å²) in [5, 5.41) is 9.16. The van der Waals surface area contributed by atoms with Crippen molar-refractivity contribution in [2.75, 3.05) is 27.2 Å². The van der Waals surface area contributed by atoms with Crippen LogP contribution in [0.3, 0.4) is 0 Å². The average Bonchev–Trinajstić information content (AvgIpc) is 3.01. The van der Waals surface area contributed by atoms with E-state index in [4.69, 9.17) is 9.84 Å². The topological polar surface area (TPSA) is 62.7 Å². The number of rotatable bonds is 7. The van der Waals surface area contributed by atoms with Crippen LogP contribution in [0.1, 0.15) is 34.8 Å². The monoisotopic (exact) mass is 390 g/mol. The van der Waals surface area contributed by atoms with Crippen molar-refractivity contribution in [3.05, 3.63) is 45.7 Å². The summed E-state index contributed by atoms with van der Waals surface area (Å²) >= 11 is 1.30. The summed E-state index contributed by atoms with van der Waals surface area (Å²) in [4.78, 5) is 17.7. The third-order valence-corrected chi connectivity index (χ3v) is 4.49. The quantitative estimate of drug-likeness (QED) is 0.733. The zero-order chi connectivity index (χ0) is 20.0. The second-order valence-electron chi connectivity index (χ2n) is 7.24. The number of halogens is 1. The minimum absolute atomic E-state index is 0.0694. The molecule has 27 heavy (non-hydrogen) atoms. The standard InChI is InChI=1S/C20H23FN2O3S/c1-20(2,11-17-18(19(24)25)22-13-27-17)12-26-16-8-7-14(10-15(16)21)6-5-9-23(3)4/h7-8,10,13H,9,11-12H2,1-4H3,(H,24,25). The zero-order valence-corrected chi connectivity index (χ0v) is 16.7. The van der Waals surface area contributed by atoms with E-state index < -0.39 is 11.8 Å². The molecule has 0 bridgehead atoms. The molecule has 7 heteroatoms. The van der Waals surface area contributed by atoms with Crippen LogP contribution in [0.15, 0.2) is 23.7 Å². The van der Waals surface area contributed by atoms with Gasteiger partial charge in [-0.3, -0.25) is 4.90 Å². The van der Waals surface area contributed by atoms with Crippen LogP contribution in [0.2, 0.25) is 0 Å². The summed E-state index contributed by atoms with van der Waals surface area (Å²) in [6.07, 6.45) is 0.481. The van der Waals surface area contributed by atoms with Gasteiger partial charge in [-0.05, 0) is 38.7 Å². The maximum Gasteiger partial charge on any atom is 0.355 e. The molecule has 0 aliphatic heterocycles. The molecular weight excluding hydrogens is 367 g/mol. The summed E-state index contributed by atoms with van der Waals surface area (Å²) < 4.78 is 19.9. The number of benzene rings is 1. The van der Waals surface area contributed by atoms with Crippen LogP contribution in [-0.4, -0.2) is 48.2 Å². The van der Waals surface area contributed by atoms with E-state index in [2.05, 4.69) is 16.8 Å². The second-order valence-corrected chi connectivity index (χ2v) is 8.18. The van der Waals surface area contributed by atoms with Gasteiger partial charge in [0.25, 0.3) is 0 Å². The molecule has 0 unspecified atom stereocenters. The number of ether oxygens (including phenoxy) is 1. The van der Waals surface area contributed by atoms with Gasteiger partial charge in [-0.2, -0.15) is 0 Å². The van der Waals surface area contributed by atoms with E-state index in [9.17, 15) is 9.18 Å². The van der Waals surface area contributed by atoms with E-state index in [-0.39, 0.29) is 23.5 Å². The van der Waals surface area contributed by atoms with E-state index in [0.29, 0.717) is 23.4 Å². The maximum absolute atomic E-state index is 14.3. The minimum atomic E-state index is -1.04. The molecule has 0 radical (unpaired) electrons. The predicted octanol–water partition coefficient (Wildman–Crippen LogP) is 3.54. The molecule has 2 aromatic rings. The van der Waals surface area contributed by atoms with Gasteiger partial charge in [0.15, 0.2) is 17.3 Å². The van der Waals surface area contributed by atoms with E-state index in [1.807, 2.05) is 32.8 Å². The van der Waals surface area contributed by atoms with Crippen molar-refractivity contribution in [3.63, 3.8) is 0 Å². The summed E-state index contributed by atoms with van der Waals surface area (Å²) in [5.74, 6) is 4.52. The average molecular weight is 390 g/mol. The molecule has 144 valence electrons. The Hall–Kier alpha value is -2.43. The van der Waals surface area contributed by atoms with Gasteiger partial charge < -0.3 is 9.84 Å². The molecule has 1 aromatic heterocycles. The van der Waals surface area contributed by atoms with E-state index in [1.54, 1.807) is 12.1 Å². The van der Waals surface area contributed by atoms with E-state index in [0.717, 1.165) is 0 Å². The highest BCUT2D eigenvalue weighted by Gasteiger charge is 2.25. The molecule has 0 atom stereocenters. The van der Waals surface area contributed by atoms with Crippen molar-refractivity contribution in [3.8, 4) is 17.6 Å². The number of carboxylic acids is 1. The fraction of sp³-hybridized carbons (Fsp3) is 0.400. The van der Waals surface area contributed by atoms with Crippen LogP contribution in [0.4, 0.5) is 4.39 Å². The predicted molar refractivity (Wildman–Crippen MR) is 104 cm³/mol. The van der Waals surface area contributed by atoms with Crippen LogP contribution < -0.4 is 4.74 Å². The Morgan fingerprint density at radius 3 is 2.78 bits per heavy atom. The van der Waals surface area contributed by atoms with Gasteiger partial charge in [0, 0.05) is 15.9 Å². The van der Waals surface area contributed by atoms with Crippen LogP contribution in [-0.2, 0) is 6.42 Å². The summed E-state index contributed by atoms with van der Waals surface area (Å²) in [5.41, 5.74) is 1.80. The van der Waals surface area contributed by atoms with Gasteiger partial charge in [-0.1, -0.05) is 25.7 Å². The van der Waals surface area contributed by atoms with Crippen molar-refractivity contribution < 1.29 is 19.0 Å². The fourth-order valence-electron chi connectivity index (χ4n) is 2.32. The number of hydrogen-bond acceptors (Lipinski definition) is 5. The number of aromatic carboxylic acids is 1. The van der Waals surface area contributed by atoms with Crippen molar-refractivity contribution >= 4 is 17.3 Å². The van der Waals surface area contributed by atoms with Crippen molar-refractivity contribution in [2.24, 2.45) is 5.41 Å². The lowest BCUT2D eigenvalue weighted by molar-refractivity contribution is 0.0689. The number of carbonyl (C=O) groups is 1. The first-order chi connectivity index (χ1) is 12.7. The molecule has 0 amide bonds. The Labute approximate surface area is 162 Å². The van der Waals surface area contributed by atoms with Crippen LogP contribution >= 0.6 is 11.3 Å². The smallest absolute Gasteiger partial charge is 0.355 e. The van der Waals surface area contributed by atoms with Gasteiger partial charge in [-0.15, -0.1) is 11.3 Å². The Morgan fingerprint density at radius 2 is 2.15 bits per heavy atom. The Kier molecular flexibility index (Phi) is 6.94. The third kappa shape index (κ3) is 6.35. The molecule has 1 aromatic carbocycles. The van der Waals surface area contributed by atoms with Gasteiger partial charge >= 0.3 is 5.97 Å². The maximum atomic E-state index is 14.3. The fourth-order valence-corrected chi connectivity index (χ4v) is 3.34. The third-order valence-electron chi connectivity index (χ3n) is 3.66. The van der Waals surface area contributed by atoms with Gasteiger partial charge in [0.1, 0.15) is 0 Å². The van der Waals surface area contributed by atoms with Gasteiger partial charge in [0.2, 0.25) is 0 Å². The first kappa shape index (κ1) is 20.9. The SMILES string of the molecule is CN(C)CC#Cc1ccc(OCC(C)(C)Cc2scnc2C(=O)O)c(F)c1. The number of thiazole rings is 1. The second kappa shape index (κ2) is 8.98. The minimum Gasteiger partial charge on any atom is -0.490 e. The summed E-state index contributed by atoms with van der Waals surface area (Å²) in [7, 11) is 3.83. The van der Waals surface area contributed by atoms with E-state index >= 15 is 0 Å². The number of hydrogen-bond donors (Lipinski definition) is 1. The first-order valence-electron chi connectivity index (χ1n) is 8.39. The van der Waals surface area contributed by atoms with Gasteiger partial charge in [0.05, 0.1) is 18.7 Å². The van der Waals surface area contributed by atoms with Crippen molar-refractivity contribution in [1.29, 1.82) is 0 Å². The van der Waals surface area contributed by atoms with Crippen LogP contribution in [0.25, 0.3) is 0 Å². The molecule has 5 nitrogen and oxygen atoms in total. The van der Waals surface area contributed by atoms with Crippen LogP contribution in [0.5, 0.6) is 5.75 Å².